The predicted octanol–water partition coefficient (Wildman–Crippen LogP) is 4.81. The van der Waals surface area contributed by atoms with Crippen molar-refractivity contribution in [2.24, 2.45) is 0 Å². The van der Waals surface area contributed by atoms with Crippen molar-refractivity contribution in [2.45, 2.75) is 19.8 Å². The van der Waals surface area contributed by atoms with Crippen LogP contribution in [0.25, 0.3) is 6.08 Å². The molecule has 0 unspecified atom stereocenters. The summed E-state index contributed by atoms with van der Waals surface area (Å²) in [6, 6.07) is 11.2. The number of esters is 1. The highest BCUT2D eigenvalue weighted by Gasteiger charge is 2.14. The Morgan fingerprint density at radius 3 is 2.59 bits per heavy atom. The molecule has 1 N–H and O–H groups in total. The Morgan fingerprint density at radius 1 is 1.12 bits per heavy atom. The van der Waals surface area contributed by atoms with E-state index in [1.165, 1.54) is 25.3 Å². The molecule has 32 heavy (non-hydrogen) atoms. The van der Waals surface area contributed by atoms with E-state index >= 15 is 0 Å². The second kappa shape index (κ2) is 12.6. The second-order valence-corrected chi connectivity index (χ2v) is 7.37. The van der Waals surface area contributed by atoms with Gasteiger partial charge < -0.3 is 19.5 Å². The number of hydrogen-bond donors (Lipinski definition) is 1. The quantitative estimate of drug-likeness (QED) is 0.173. The van der Waals surface area contributed by atoms with Gasteiger partial charge in [0.25, 0.3) is 5.91 Å². The van der Waals surface area contributed by atoms with E-state index in [1.54, 1.807) is 24.3 Å². The molecular weight excluding hydrogens is 455 g/mol. The summed E-state index contributed by atoms with van der Waals surface area (Å²) in [5, 5.41) is 12.7. The molecule has 0 aromatic heterocycles. The smallest absolute Gasteiger partial charge is 0.349 e. The molecule has 0 aliphatic heterocycles. The van der Waals surface area contributed by atoms with E-state index in [9.17, 15) is 14.9 Å². The van der Waals surface area contributed by atoms with Crippen LogP contribution in [0.2, 0.25) is 10.0 Å². The number of rotatable bonds is 10. The molecule has 0 aliphatic rings. The van der Waals surface area contributed by atoms with Gasteiger partial charge >= 0.3 is 5.97 Å². The molecule has 0 fully saturated rings. The first-order valence-electron chi connectivity index (χ1n) is 9.74. The van der Waals surface area contributed by atoms with Crippen molar-refractivity contribution in [3.63, 3.8) is 0 Å². The summed E-state index contributed by atoms with van der Waals surface area (Å²) in [6.45, 7) is 2.10. The lowest BCUT2D eigenvalue weighted by atomic mass is 10.1. The highest BCUT2D eigenvalue weighted by Crippen LogP contribution is 2.30. The van der Waals surface area contributed by atoms with Crippen molar-refractivity contribution in [1.82, 2.24) is 5.32 Å². The SMILES string of the molecule is CCCCNC(=O)/C(C#N)=C/c1ccc(OC(=O)COc2cc(Cl)ccc2Cl)c(OC)c1. The predicted molar refractivity (Wildman–Crippen MR) is 122 cm³/mol. The third-order valence-electron chi connectivity index (χ3n) is 4.14. The zero-order chi connectivity index (χ0) is 23.5. The summed E-state index contributed by atoms with van der Waals surface area (Å²) in [6.07, 6.45) is 3.19. The molecule has 7 nitrogen and oxygen atoms in total. The molecule has 0 saturated carbocycles. The van der Waals surface area contributed by atoms with Gasteiger partial charge in [-0.25, -0.2) is 4.79 Å². The lowest BCUT2D eigenvalue weighted by Gasteiger charge is -2.11. The van der Waals surface area contributed by atoms with Gasteiger partial charge in [0.05, 0.1) is 12.1 Å². The van der Waals surface area contributed by atoms with E-state index in [4.69, 9.17) is 37.4 Å². The first-order valence-corrected chi connectivity index (χ1v) is 10.5. The molecule has 168 valence electrons. The first kappa shape index (κ1) is 25.1. The van der Waals surface area contributed by atoms with E-state index in [0.29, 0.717) is 22.2 Å². The Morgan fingerprint density at radius 2 is 1.91 bits per heavy atom. The fourth-order valence-electron chi connectivity index (χ4n) is 2.52. The normalized spacial score (nSPS) is 10.8. The number of unbranched alkanes of at least 4 members (excludes halogenated alkanes) is 1. The number of amides is 1. The van der Waals surface area contributed by atoms with Gasteiger partial charge in [0, 0.05) is 17.6 Å². The van der Waals surface area contributed by atoms with Gasteiger partial charge in [0.15, 0.2) is 18.1 Å². The van der Waals surface area contributed by atoms with Gasteiger partial charge in [-0.3, -0.25) is 4.79 Å². The Labute approximate surface area is 196 Å². The van der Waals surface area contributed by atoms with Crippen molar-refractivity contribution in [3.05, 3.63) is 57.6 Å². The molecule has 0 bridgehead atoms. The Hall–Kier alpha value is -3.21. The molecule has 2 rings (SSSR count). The summed E-state index contributed by atoms with van der Waals surface area (Å²) >= 11 is 11.9. The number of nitriles is 1. The number of carbonyl (C=O) groups is 2. The monoisotopic (exact) mass is 476 g/mol. The van der Waals surface area contributed by atoms with Gasteiger partial charge in [0.1, 0.15) is 17.4 Å². The van der Waals surface area contributed by atoms with Crippen molar-refractivity contribution in [3.8, 4) is 23.3 Å². The van der Waals surface area contributed by atoms with Crippen LogP contribution in [0.5, 0.6) is 17.2 Å². The summed E-state index contributed by atoms with van der Waals surface area (Å²) < 4.78 is 15.9. The maximum Gasteiger partial charge on any atom is 0.349 e. The van der Waals surface area contributed by atoms with Gasteiger partial charge in [-0.2, -0.15) is 5.26 Å². The highest BCUT2D eigenvalue weighted by atomic mass is 35.5. The summed E-state index contributed by atoms with van der Waals surface area (Å²) in [7, 11) is 1.41. The standard InChI is InChI=1S/C23H22Cl2N2O5/c1-3-4-9-27-23(29)16(13-26)10-15-5-8-19(21(11-15)30-2)32-22(28)14-31-20-12-17(24)6-7-18(20)25/h5-8,10-12H,3-4,9,14H2,1-2H3,(H,27,29)/b16-10+. The summed E-state index contributed by atoms with van der Waals surface area (Å²) in [4.78, 5) is 24.3. The summed E-state index contributed by atoms with van der Waals surface area (Å²) in [5.41, 5.74) is 0.491. The fourth-order valence-corrected chi connectivity index (χ4v) is 2.86. The largest absolute Gasteiger partial charge is 0.493 e. The van der Waals surface area contributed by atoms with Gasteiger partial charge in [-0.1, -0.05) is 42.6 Å². The minimum Gasteiger partial charge on any atom is -0.493 e. The molecule has 0 aliphatic carbocycles. The first-order chi connectivity index (χ1) is 15.4. The van der Waals surface area contributed by atoms with Crippen LogP contribution in [0.4, 0.5) is 0 Å². The van der Waals surface area contributed by atoms with Crippen LogP contribution in [0, 0.1) is 11.3 Å². The van der Waals surface area contributed by atoms with Gasteiger partial charge in [-0.15, -0.1) is 0 Å². The van der Waals surface area contributed by atoms with E-state index < -0.39 is 18.5 Å². The van der Waals surface area contributed by atoms with Crippen LogP contribution >= 0.6 is 23.2 Å². The zero-order valence-electron chi connectivity index (χ0n) is 17.6. The van der Waals surface area contributed by atoms with Crippen molar-refractivity contribution < 1.29 is 23.8 Å². The lowest BCUT2D eigenvalue weighted by Crippen LogP contribution is -2.25. The molecule has 0 radical (unpaired) electrons. The molecule has 0 spiro atoms. The average Bonchev–Trinajstić information content (AvgIpc) is 2.78. The number of hydrogen-bond acceptors (Lipinski definition) is 6. The van der Waals surface area contributed by atoms with E-state index in [1.807, 2.05) is 13.0 Å². The maximum absolute atomic E-state index is 12.2. The number of benzene rings is 2. The topological polar surface area (TPSA) is 97.7 Å². The molecule has 2 aromatic carbocycles. The van der Waals surface area contributed by atoms with Gasteiger partial charge in [-0.05, 0) is 42.3 Å². The van der Waals surface area contributed by atoms with Crippen molar-refractivity contribution in [1.29, 1.82) is 5.26 Å². The van der Waals surface area contributed by atoms with Crippen LogP contribution in [0.1, 0.15) is 25.3 Å². The van der Waals surface area contributed by atoms with Crippen LogP contribution in [0.3, 0.4) is 0 Å². The zero-order valence-corrected chi connectivity index (χ0v) is 19.1. The van der Waals surface area contributed by atoms with Crippen LogP contribution in [-0.2, 0) is 9.59 Å². The highest BCUT2D eigenvalue weighted by molar-refractivity contribution is 6.34. The number of ether oxygens (including phenoxy) is 3. The van der Waals surface area contributed by atoms with Crippen LogP contribution < -0.4 is 19.5 Å². The molecule has 2 aromatic rings. The molecular formula is C23H22Cl2N2O5. The lowest BCUT2D eigenvalue weighted by molar-refractivity contribution is -0.136. The Bertz CT molecular complexity index is 1050. The Kier molecular flexibility index (Phi) is 9.86. The van der Waals surface area contributed by atoms with Crippen molar-refractivity contribution >= 4 is 41.2 Å². The molecule has 0 saturated heterocycles. The van der Waals surface area contributed by atoms with Crippen LogP contribution in [0.15, 0.2) is 42.0 Å². The minimum atomic E-state index is -0.685. The number of halogens is 2. The number of methoxy groups -OCH3 is 1. The number of nitrogens with zero attached hydrogens (tertiary/aromatic N) is 1. The van der Waals surface area contributed by atoms with Crippen LogP contribution in [-0.4, -0.2) is 32.1 Å². The van der Waals surface area contributed by atoms with E-state index in [2.05, 4.69) is 5.32 Å². The molecule has 1 amide bonds. The molecule has 9 heteroatoms. The third-order valence-corrected chi connectivity index (χ3v) is 4.69. The van der Waals surface area contributed by atoms with E-state index in [-0.39, 0.29) is 22.8 Å². The fraction of sp³-hybridized carbons (Fsp3) is 0.261. The third kappa shape index (κ3) is 7.49. The summed E-state index contributed by atoms with van der Waals surface area (Å²) in [5.74, 6) is -0.481. The van der Waals surface area contributed by atoms with Gasteiger partial charge in [0.2, 0.25) is 0 Å². The average molecular weight is 477 g/mol. The minimum absolute atomic E-state index is 0.0419. The molecule has 0 atom stereocenters. The molecule has 0 heterocycles. The van der Waals surface area contributed by atoms with E-state index in [0.717, 1.165) is 12.8 Å². The van der Waals surface area contributed by atoms with Crippen molar-refractivity contribution in [2.75, 3.05) is 20.3 Å². The maximum atomic E-state index is 12.2. The number of nitrogens with one attached hydrogen (secondary N) is 1. The second-order valence-electron chi connectivity index (χ2n) is 6.53. The Balaban J connectivity index is 2.07. The number of carbonyl (C=O) groups excluding carboxylic acids is 2.